The van der Waals surface area contributed by atoms with E-state index in [4.69, 9.17) is 4.74 Å². The van der Waals surface area contributed by atoms with Crippen molar-refractivity contribution in [1.29, 1.82) is 0 Å². The average Bonchev–Trinajstić information content (AvgIpc) is 2.88. The third-order valence-corrected chi connectivity index (χ3v) is 4.67. The summed E-state index contributed by atoms with van der Waals surface area (Å²) in [6.45, 7) is 1.65. The Kier molecular flexibility index (Phi) is 4.39. The van der Waals surface area contributed by atoms with Crippen LogP contribution in [0.15, 0.2) is 34.1 Å². The SMILES string of the molecule is COC(=O)c1c(SCc2nc3ccccc3n2C)nc(=O)[nH]c1C. The van der Waals surface area contributed by atoms with E-state index >= 15 is 0 Å². The first-order valence-corrected chi connectivity index (χ1v) is 8.22. The van der Waals surface area contributed by atoms with E-state index in [0.29, 0.717) is 16.5 Å². The summed E-state index contributed by atoms with van der Waals surface area (Å²) >= 11 is 1.29. The number of aromatic nitrogens is 4. The second-order valence-corrected chi connectivity index (χ2v) is 6.17. The fourth-order valence-corrected chi connectivity index (χ4v) is 3.52. The highest BCUT2D eigenvalue weighted by Gasteiger charge is 2.19. The van der Waals surface area contributed by atoms with Crippen molar-refractivity contribution in [2.24, 2.45) is 7.05 Å². The van der Waals surface area contributed by atoms with Crippen molar-refractivity contribution < 1.29 is 9.53 Å². The maximum Gasteiger partial charge on any atom is 0.346 e. The minimum absolute atomic E-state index is 0.279. The molecule has 1 aromatic carbocycles. The number of aromatic amines is 1. The van der Waals surface area contributed by atoms with E-state index in [-0.39, 0.29) is 5.56 Å². The van der Waals surface area contributed by atoms with Crippen LogP contribution in [0.3, 0.4) is 0 Å². The van der Waals surface area contributed by atoms with Gasteiger partial charge in [-0.05, 0) is 19.1 Å². The predicted octanol–water partition coefficient (Wildman–Crippen LogP) is 2.04. The molecule has 3 aromatic rings. The molecule has 0 bridgehead atoms. The number of ether oxygens (including phenoxy) is 1. The summed E-state index contributed by atoms with van der Waals surface area (Å²) in [4.78, 5) is 34.6. The normalized spacial score (nSPS) is 11.0. The zero-order valence-electron chi connectivity index (χ0n) is 13.5. The largest absolute Gasteiger partial charge is 0.465 e. The molecule has 0 aliphatic carbocycles. The zero-order valence-corrected chi connectivity index (χ0v) is 14.3. The van der Waals surface area contributed by atoms with E-state index in [1.54, 1.807) is 6.92 Å². The number of para-hydroxylation sites is 2. The van der Waals surface area contributed by atoms with Gasteiger partial charge in [0.2, 0.25) is 0 Å². The monoisotopic (exact) mass is 344 g/mol. The molecule has 0 fully saturated rings. The molecule has 0 saturated carbocycles. The number of esters is 1. The number of fused-ring (bicyclic) bond motifs is 1. The van der Waals surface area contributed by atoms with E-state index in [2.05, 4.69) is 15.0 Å². The standard InChI is InChI=1S/C16H16N4O3S/c1-9-13(15(21)23-3)14(19-16(22)17-9)24-8-12-18-10-6-4-5-7-11(10)20(12)2/h4-7H,8H2,1-3H3,(H,17,19,22). The minimum atomic E-state index is -0.524. The Morgan fingerprint density at radius 2 is 2.08 bits per heavy atom. The number of carbonyl (C=O) groups is 1. The lowest BCUT2D eigenvalue weighted by molar-refractivity contribution is 0.0594. The van der Waals surface area contributed by atoms with Crippen LogP contribution in [0.25, 0.3) is 11.0 Å². The van der Waals surface area contributed by atoms with Crippen molar-refractivity contribution in [1.82, 2.24) is 19.5 Å². The molecular formula is C16H16N4O3S. The van der Waals surface area contributed by atoms with Crippen LogP contribution < -0.4 is 5.69 Å². The topological polar surface area (TPSA) is 89.9 Å². The van der Waals surface area contributed by atoms with Gasteiger partial charge < -0.3 is 14.3 Å². The number of H-pyrrole nitrogens is 1. The Balaban J connectivity index is 1.95. The first kappa shape index (κ1) is 16.3. The summed E-state index contributed by atoms with van der Waals surface area (Å²) in [5, 5.41) is 0.343. The fourth-order valence-electron chi connectivity index (χ4n) is 2.46. The minimum Gasteiger partial charge on any atom is -0.465 e. The predicted molar refractivity (Wildman–Crippen MR) is 91.2 cm³/mol. The maximum atomic E-state index is 12.0. The summed E-state index contributed by atoms with van der Waals surface area (Å²) in [5.74, 6) is 0.783. The van der Waals surface area contributed by atoms with Crippen molar-refractivity contribution in [2.75, 3.05) is 7.11 Å². The van der Waals surface area contributed by atoms with Crippen LogP contribution in [-0.4, -0.2) is 32.6 Å². The average molecular weight is 344 g/mol. The van der Waals surface area contributed by atoms with E-state index < -0.39 is 11.7 Å². The lowest BCUT2D eigenvalue weighted by Crippen LogP contribution is -2.19. The van der Waals surface area contributed by atoms with Gasteiger partial charge in [0.15, 0.2) is 0 Å². The number of carbonyl (C=O) groups excluding carboxylic acids is 1. The summed E-state index contributed by atoms with van der Waals surface area (Å²) in [7, 11) is 3.23. The maximum absolute atomic E-state index is 12.0. The Bertz CT molecular complexity index is 977. The second-order valence-electron chi connectivity index (χ2n) is 5.20. The van der Waals surface area contributed by atoms with Gasteiger partial charge in [0, 0.05) is 12.7 Å². The first-order chi connectivity index (χ1) is 11.5. The molecule has 2 heterocycles. The molecule has 24 heavy (non-hydrogen) atoms. The Hall–Kier alpha value is -2.61. The molecule has 0 aliphatic rings. The van der Waals surface area contributed by atoms with Crippen LogP contribution in [0.5, 0.6) is 0 Å². The number of hydrogen-bond donors (Lipinski definition) is 1. The van der Waals surface area contributed by atoms with Gasteiger partial charge in [-0.15, -0.1) is 0 Å². The second kappa shape index (κ2) is 6.48. The van der Waals surface area contributed by atoms with Gasteiger partial charge in [-0.3, -0.25) is 0 Å². The fraction of sp³-hybridized carbons (Fsp3) is 0.250. The highest BCUT2D eigenvalue weighted by molar-refractivity contribution is 7.98. The molecule has 1 N–H and O–H groups in total. The molecule has 2 aromatic heterocycles. The molecule has 0 amide bonds. The third-order valence-electron chi connectivity index (χ3n) is 3.69. The summed E-state index contributed by atoms with van der Waals surface area (Å²) in [6.07, 6.45) is 0. The van der Waals surface area contributed by atoms with E-state index in [9.17, 15) is 9.59 Å². The Morgan fingerprint density at radius 1 is 1.33 bits per heavy atom. The molecule has 0 saturated heterocycles. The number of imidazole rings is 1. The quantitative estimate of drug-likeness (QED) is 0.442. The van der Waals surface area contributed by atoms with Crippen molar-refractivity contribution in [3.05, 3.63) is 51.8 Å². The highest BCUT2D eigenvalue weighted by atomic mass is 32.2. The Morgan fingerprint density at radius 3 is 2.79 bits per heavy atom. The lowest BCUT2D eigenvalue weighted by Gasteiger charge is -2.08. The molecular weight excluding hydrogens is 328 g/mol. The molecule has 0 radical (unpaired) electrons. The van der Waals surface area contributed by atoms with Crippen molar-refractivity contribution in [3.63, 3.8) is 0 Å². The number of methoxy groups -OCH3 is 1. The smallest absolute Gasteiger partial charge is 0.346 e. The van der Waals surface area contributed by atoms with Gasteiger partial charge in [0.05, 0.1) is 23.9 Å². The van der Waals surface area contributed by atoms with Crippen LogP contribution >= 0.6 is 11.8 Å². The van der Waals surface area contributed by atoms with Crippen molar-refractivity contribution >= 4 is 28.8 Å². The lowest BCUT2D eigenvalue weighted by atomic mass is 10.2. The van der Waals surface area contributed by atoms with Crippen LogP contribution in [0.4, 0.5) is 0 Å². The van der Waals surface area contributed by atoms with Gasteiger partial charge in [-0.2, -0.15) is 4.98 Å². The first-order valence-electron chi connectivity index (χ1n) is 7.23. The van der Waals surface area contributed by atoms with Crippen LogP contribution in [0.2, 0.25) is 0 Å². The molecule has 124 valence electrons. The number of benzene rings is 1. The molecule has 8 heteroatoms. The highest BCUT2D eigenvalue weighted by Crippen LogP contribution is 2.26. The molecule has 0 spiro atoms. The number of hydrogen-bond acceptors (Lipinski definition) is 6. The van der Waals surface area contributed by atoms with Crippen molar-refractivity contribution in [3.8, 4) is 0 Å². The summed E-state index contributed by atoms with van der Waals surface area (Å²) in [6, 6.07) is 7.83. The van der Waals surface area contributed by atoms with Crippen molar-refractivity contribution in [2.45, 2.75) is 17.7 Å². The van der Waals surface area contributed by atoms with Gasteiger partial charge in [0.1, 0.15) is 16.4 Å². The molecule has 0 unspecified atom stereocenters. The molecule has 7 nitrogen and oxygen atoms in total. The van der Waals surface area contributed by atoms with Crippen LogP contribution in [-0.2, 0) is 17.5 Å². The van der Waals surface area contributed by atoms with Crippen LogP contribution in [0.1, 0.15) is 21.9 Å². The van der Waals surface area contributed by atoms with E-state index in [1.807, 2.05) is 35.9 Å². The number of nitrogens with zero attached hydrogens (tertiary/aromatic N) is 3. The third kappa shape index (κ3) is 2.92. The molecule has 0 atom stereocenters. The number of aryl methyl sites for hydroxylation is 2. The summed E-state index contributed by atoms with van der Waals surface area (Å²) in [5.41, 5.74) is 2.15. The van der Waals surface area contributed by atoms with Gasteiger partial charge in [-0.1, -0.05) is 23.9 Å². The Labute approximate surface area is 142 Å². The van der Waals surface area contributed by atoms with E-state index in [1.165, 1.54) is 18.9 Å². The van der Waals surface area contributed by atoms with E-state index in [0.717, 1.165) is 16.9 Å². The summed E-state index contributed by atoms with van der Waals surface area (Å²) < 4.78 is 6.77. The van der Waals surface area contributed by atoms with Gasteiger partial charge >= 0.3 is 11.7 Å². The molecule has 0 aliphatic heterocycles. The van der Waals surface area contributed by atoms with Gasteiger partial charge in [0.25, 0.3) is 0 Å². The van der Waals surface area contributed by atoms with Gasteiger partial charge in [-0.25, -0.2) is 14.6 Å². The zero-order chi connectivity index (χ0) is 17.3. The number of thioether (sulfide) groups is 1. The van der Waals surface area contributed by atoms with Crippen LogP contribution in [0, 0.1) is 6.92 Å². The molecule has 3 rings (SSSR count). The number of rotatable bonds is 4. The number of nitrogens with one attached hydrogen (secondary N) is 1.